The highest BCUT2D eigenvalue weighted by Gasteiger charge is 2.33. The first-order valence-electron chi connectivity index (χ1n) is 11.3. The molecule has 1 atom stereocenters. The highest BCUT2D eigenvalue weighted by atomic mass is 35.5. The van der Waals surface area contributed by atoms with Gasteiger partial charge in [0.05, 0.1) is 38.0 Å². The van der Waals surface area contributed by atoms with Gasteiger partial charge in [-0.25, -0.2) is 14.6 Å². The summed E-state index contributed by atoms with van der Waals surface area (Å²) >= 11 is 19.8. The van der Waals surface area contributed by atoms with Crippen LogP contribution < -0.4 is 19.6 Å². The monoisotopic (exact) mass is 594 g/mol. The van der Waals surface area contributed by atoms with Gasteiger partial charge < -0.3 is 14.6 Å². The number of thiazole rings is 1. The molecule has 0 saturated carbocycles. The van der Waals surface area contributed by atoms with Crippen molar-refractivity contribution in [2.45, 2.75) is 32.9 Å². The Labute approximate surface area is 236 Å². The molecule has 0 radical (unpaired) electrons. The number of allylic oxidation sites excluding steroid dienone is 1. The number of aromatic nitrogens is 1. The second kappa shape index (κ2) is 11.3. The second-order valence-corrected chi connectivity index (χ2v) is 10.8. The number of halogens is 3. The van der Waals surface area contributed by atoms with E-state index in [0.717, 1.165) is 11.3 Å². The Kier molecular flexibility index (Phi) is 8.32. The number of nitrogens with zero attached hydrogens (tertiary/aromatic N) is 2. The van der Waals surface area contributed by atoms with E-state index in [2.05, 4.69) is 4.99 Å². The minimum atomic E-state index is -1.18. The van der Waals surface area contributed by atoms with Crippen LogP contribution in [0.4, 0.5) is 0 Å². The Morgan fingerprint density at radius 2 is 1.79 bits per heavy atom. The summed E-state index contributed by atoms with van der Waals surface area (Å²) in [7, 11) is 0. The number of hydrogen-bond donors (Lipinski definition) is 1. The molecule has 1 aromatic heterocycles. The molecule has 0 fully saturated rings. The zero-order chi connectivity index (χ0) is 27.7. The lowest BCUT2D eigenvalue weighted by Crippen LogP contribution is -2.40. The van der Waals surface area contributed by atoms with Crippen LogP contribution in [0.1, 0.15) is 37.9 Å². The number of carbonyl (C=O) groups is 2. The lowest BCUT2D eigenvalue weighted by molar-refractivity contribution is -0.143. The summed E-state index contributed by atoms with van der Waals surface area (Å²) in [5, 5.41) is 9.54. The van der Waals surface area contributed by atoms with Crippen LogP contribution in [0.25, 0.3) is 6.08 Å². The molecule has 2 heterocycles. The van der Waals surface area contributed by atoms with Crippen molar-refractivity contribution in [1.29, 1.82) is 0 Å². The third kappa shape index (κ3) is 5.81. The fraction of sp³-hybridized carbons (Fsp3) is 0.231. The molecule has 0 bridgehead atoms. The molecule has 1 aliphatic heterocycles. The van der Waals surface area contributed by atoms with Gasteiger partial charge in [0.2, 0.25) is 0 Å². The van der Waals surface area contributed by atoms with E-state index in [1.165, 1.54) is 16.7 Å². The topological polar surface area (TPSA) is 107 Å². The van der Waals surface area contributed by atoms with Gasteiger partial charge in [0, 0.05) is 5.02 Å². The van der Waals surface area contributed by atoms with Gasteiger partial charge in [0.15, 0.2) is 17.2 Å². The molecule has 4 rings (SSSR count). The van der Waals surface area contributed by atoms with Crippen LogP contribution in [0.3, 0.4) is 0 Å². The van der Waals surface area contributed by atoms with Gasteiger partial charge in [0.1, 0.15) is 0 Å². The number of fused-ring (bicyclic) bond motifs is 1. The minimum Gasteiger partial charge on any atom is -0.479 e. The van der Waals surface area contributed by atoms with Crippen LogP contribution >= 0.6 is 46.1 Å². The first-order valence-corrected chi connectivity index (χ1v) is 13.2. The molecule has 38 heavy (non-hydrogen) atoms. The summed E-state index contributed by atoms with van der Waals surface area (Å²) in [6.45, 7) is 4.58. The molecule has 198 valence electrons. The van der Waals surface area contributed by atoms with Crippen LogP contribution in [0, 0.1) is 0 Å². The van der Waals surface area contributed by atoms with Crippen LogP contribution in [0.15, 0.2) is 57.5 Å². The lowest BCUT2D eigenvalue weighted by Gasteiger charge is -2.25. The van der Waals surface area contributed by atoms with Gasteiger partial charge in [-0.1, -0.05) is 58.3 Å². The number of hydrogen-bond acceptors (Lipinski definition) is 7. The van der Waals surface area contributed by atoms with Crippen LogP contribution in [0.5, 0.6) is 5.75 Å². The van der Waals surface area contributed by atoms with E-state index in [4.69, 9.17) is 49.4 Å². The predicted octanol–water partition coefficient (Wildman–Crippen LogP) is 4.61. The summed E-state index contributed by atoms with van der Waals surface area (Å²) in [5.41, 5.74) is 1.47. The number of carbonyl (C=O) groups excluding carboxylic acids is 1. The summed E-state index contributed by atoms with van der Waals surface area (Å²) in [6.07, 6.45) is 1.22. The number of ether oxygens (including phenoxy) is 2. The Balaban J connectivity index is 1.86. The molecule has 12 heteroatoms. The normalized spacial score (nSPS) is 15.3. The predicted molar refractivity (Wildman–Crippen MR) is 146 cm³/mol. The van der Waals surface area contributed by atoms with Gasteiger partial charge in [-0.2, -0.15) is 0 Å². The van der Waals surface area contributed by atoms with E-state index < -0.39 is 24.6 Å². The van der Waals surface area contributed by atoms with Crippen molar-refractivity contribution in [3.8, 4) is 5.75 Å². The molecule has 0 saturated heterocycles. The number of carboxylic acids is 1. The van der Waals surface area contributed by atoms with E-state index in [-0.39, 0.29) is 33.0 Å². The number of carboxylic acid groups (broad SMARTS) is 1. The molecular formula is C26H21Cl3N2O6S. The van der Waals surface area contributed by atoms with Crippen molar-refractivity contribution in [2.24, 2.45) is 4.99 Å². The molecule has 8 nitrogen and oxygen atoms in total. The van der Waals surface area contributed by atoms with Crippen molar-refractivity contribution in [3.05, 3.63) is 93.6 Å². The molecule has 1 unspecified atom stereocenters. The van der Waals surface area contributed by atoms with E-state index in [0.29, 0.717) is 31.2 Å². The SMILES string of the molecule is CC1=C(C(=O)OC(C)C)C(c2ccc(Cl)cc2)n2c(sc(=Cc3cc(Cl)c(OCC(=O)O)c(Cl)c3)c2=O)=N1. The number of esters is 1. The van der Waals surface area contributed by atoms with E-state index in [1.54, 1.807) is 51.1 Å². The number of aliphatic carboxylic acids is 1. The van der Waals surface area contributed by atoms with Crippen LogP contribution in [0.2, 0.25) is 15.1 Å². The van der Waals surface area contributed by atoms with Crippen LogP contribution in [-0.2, 0) is 14.3 Å². The zero-order valence-corrected chi connectivity index (χ0v) is 23.4. The second-order valence-electron chi connectivity index (χ2n) is 8.58. The molecule has 2 aromatic carbocycles. The lowest BCUT2D eigenvalue weighted by atomic mass is 9.96. The first kappa shape index (κ1) is 27.9. The third-order valence-corrected chi connectivity index (χ3v) is 7.22. The van der Waals surface area contributed by atoms with E-state index >= 15 is 0 Å². The molecule has 0 amide bonds. The van der Waals surface area contributed by atoms with Crippen molar-refractivity contribution in [1.82, 2.24) is 4.57 Å². The quantitative estimate of drug-likeness (QED) is 0.400. The zero-order valence-electron chi connectivity index (χ0n) is 20.3. The smallest absolute Gasteiger partial charge is 0.341 e. The molecule has 0 aliphatic carbocycles. The highest BCUT2D eigenvalue weighted by Crippen LogP contribution is 2.35. The molecule has 0 spiro atoms. The maximum Gasteiger partial charge on any atom is 0.341 e. The number of rotatable bonds is 7. The molecule has 3 aromatic rings. The maximum absolute atomic E-state index is 13.7. The van der Waals surface area contributed by atoms with Crippen molar-refractivity contribution >= 4 is 64.2 Å². The minimum absolute atomic E-state index is 0.0287. The maximum atomic E-state index is 13.7. The Bertz CT molecular complexity index is 1620. The molecular weight excluding hydrogens is 575 g/mol. The largest absolute Gasteiger partial charge is 0.479 e. The van der Waals surface area contributed by atoms with Crippen molar-refractivity contribution in [3.63, 3.8) is 0 Å². The summed E-state index contributed by atoms with van der Waals surface area (Å²) < 4.78 is 12.4. The average molecular weight is 596 g/mol. The van der Waals surface area contributed by atoms with Gasteiger partial charge in [-0.3, -0.25) is 9.36 Å². The highest BCUT2D eigenvalue weighted by molar-refractivity contribution is 7.07. The standard InChI is InChI=1S/C26H21Cl3N2O6S/c1-12(2)37-25(35)21-13(3)30-26-31(22(21)15-4-6-16(27)7-5-15)24(34)19(38-26)10-14-8-17(28)23(18(29)9-14)36-11-20(32)33/h4-10,12,22H,11H2,1-3H3,(H,32,33). The van der Waals surface area contributed by atoms with Gasteiger partial charge in [-0.15, -0.1) is 0 Å². The first-order chi connectivity index (χ1) is 18.0. The Hall–Kier alpha value is -3.11. The Morgan fingerprint density at radius 1 is 1.16 bits per heavy atom. The van der Waals surface area contributed by atoms with Crippen LogP contribution in [-0.4, -0.2) is 34.3 Å². The summed E-state index contributed by atoms with van der Waals surface area (Å²) in [6, 6.07) is 9.11. The van der Waals surface area contributed by atoms with E-state index in [1.807, 2.05) is 0 Å². The molecule has 1 N–H and O–H groups in total. The summed E-state index contributed by atoms with van der Waals surface area (Å²) in [5.74, 6) is -1.71. The third-order valence-electron chi connectivity index (χ3n) is 5.43. The van der Waals surface area contributed by atoms with Crippen molar-refractivity contribution in [2.75, 3.05) is 6.61 Å². The fourth-order valence-corrected chi connectivity index (χ4v) is 5.69. The number of benzene rings is 2. The summed E-state index contributed by atoms with van der Waals surface area (Å²) in [4.78, 5) is 42.6. The van der Waals surface area contributed by atoms with Gasteiger partial charge in [0.25, 0.3) is 5.56 Å². The van der Waals surface area contributed by atoms with Crippen molar-refractivity contribution < 1.29 is 24.2 Å². The molecule has 1 aliphatic rings. The fourth-order valence-electron chi connectivity index (χ4n) is 3.91. The van der Waals surface area contributed by atoms with Gasteiger partial charge in [-0.05, 0) is 62.2 Å². The Morgan fingerprint density at radius 3 is 2.37 bits per heavy atom. The average Bonchev–Trinajstić information content (AvgIpc) is 3.11. The van der Waals surface area contributed by atoms with E-state index in [9.17, 15) is 14.4 Å². The van der Waals surface area contributed by atoms with Gasteiger partial charge >= 0.3 is 11.9 Å².